The maximum Gasteiger partial charge on any atom is 0.0693 e. The standard InChI is InChI=1S/C12H21NO/c1-11(5-6-11)12(7-8-12)13-9-3-2-4-10(9)14/h9-10,13-14H,2-8H2,1H3/t9-,10-/m1/s1. The van der Waals surface area contributed by atoms with Gasteiger partial charge in [-0.3, -0.25) is 0 Å². The molecule has 0 bridgehead atoms. The van der Waals surface area contributed by atoms with Crippen molar-refractivity contribution in [3.05, 3.63) is 0 Å². The van der Waals surface area contributed by atoms with Gasteiger partial charge in [-0.15, -0.1) is 0 Å². The van der Waals surface area contributed by atoms with Crippen molar-refractivity contribution in [1.82, 2.24) is 5.32 Å². The molecule has 0 spiro atoms. The van der Waals surface area contributed by atoms with Gasteiger partial charge in [0.15, 0.2) is 0 Å². The van der Waals surface area contributed by atoms with Gasteiger partial charge in [0.05, 0.1) is 6.10 Å². The summed E-state index contributed by atoms with van der Waals surface area (Å²) in [5, 5.41) is 13.6. The fraction of sp³-hybridized carbons (Fsp3) is 1.00. The Kier molecular flexibility index (Phi) is 1.79. The van der Waals surface area contributed by atoms with Gasteiger partial charge in [-0.1, -0.05) is 6.92 Å². The molecule has 0 aromatic heterocycles. The summed E-state index contributed by atoms with van der Waals surface area (Å²) >= 11 is 0. The molecular formula is C12H21NO. The summed E-state index contributed by atoms with van der Waals surface area (Å²) in [6, 6.07) is 0.398. The Morgan fingerprint density at radius 3 is 2.29 bits per heavy atom. The van der Waals surface area contributed by atoms with Crippen molar-refractivity contribution in [2.75, 3.05) is 0 Å². The molecule has 0 radical (unpaired) electrons. The molecule has 0 heterocycles. The minimum atomic E-state index is -0.0742. The normalized spacial score (nSPS) is 42.4. The smallest absolute Gasteiger partial charge is 0.0693 e. The lowest BCUT2D eigenvalue weighted by atomic mass is 9.94. The van der Waals surface area contributed by atoms with E-state index in [1.807, 2.05) is 0 Å². The van der Waals surface area contributed by atoms with Gasteiger partial charge >= 0.3 is 0 Å². The van der Waals surface area contributed by atoms with E-state index in [0.717, 1.165) is 6.42 Å². The summed E-state index contributed by atoms with van der Waals surface area (Å²) in [5.74, 6) is 0. The van der Waals surface area contributed by atoms with E-state index < -0.39 is 0 Å². The second-order valence-electron chi connectivity index (χ2n) is 5.89. The average Bonchev–Trinajstić information content (AvgIpc) is 3.02. The highest BCUT2D eigenvalue weighted by molar-refractivity contribution is 5.20. The predicted octanol–water partition coefficient (Wildman–Crippen LogP) is 1.82. The molecule has 3 rings (SSSR count). The summed E-state index contributed by atoms with van der Waals surface area (Å²) in [6.45, 7) is 2.41. The zero-order chi connectivity index (χ0) is 9.81. The van der Waals surface area contributed by atoms with Crippen LogP contribution < -0.4 is 5.32 Å². The highest BCUT2D eigenvalue weighted by atomic mass is 16.3. The molecular weight excluding hydrogens is 174 g/mol. The lowest BCUT2D eigenvalue weighted by molar-refractivity contribution is 0.130. The van der Waals surface area contributed by atoms with Gasteiger partial charge in [-0.25, -0.2) is 0 Å². The van der Waals surface area contributed by atoms with Gasteiger partial charge in [-0.05, 0) is 50.4 Å². The molecule has 0 saturated heterocycles. The van der Waals surface area contributed by atoms with Crippen LogP contribution in [0.3, 0.4) is 0 Å². The van der Waals surface area contributed by atoms with Crippen LogP contribution in [0.1, 0.15) is 51.9 Å². The topological polar surface area (TPSA) is 32.3 Å². The van der Waals surface area contributed by atoms with Crippen molar-refractivity contribution in [3.8, 4) is 0 Å². The molecule has 2 atom stereocenters. The number of nitrogens with one attached hydrogen (secondary N) is 1. The van der Waals surface area contributed by atoms with Crippen molar-refractivity contribution >= 4 is 0 Å². The van der Waals surface area contributed by atoms with E-state index in [-0.39, 0.29) is 6.10 Å². The Hall–Kier alpha value is -0.0800. The summed E-state index contributed by atoms with van der Waals surface area (Å²) in [5.41, 5.74) is 1.01. The Bertz CT molecular complexity index is 243. The Morgan fingerprint density at radius 1 is 1.14 bits per heavy atom. The van der Waals surface area contributed by atoms with Crippen LogP contribution in [0.2, 0.25) is 0 Å². The van der Waals surface area contributed by atoms with E-state index >= 15 is 0 Å². The molecule has 3 aliphatic rings. The minimum absolute atomic E-state index is 0.0742. The van der Waals surface area contributed by atoms with Gasteiger partial charge < -0.3 is 10.4 Å². The number of hydrogen-bond donors (Lipinski definition) is 2. The molecule has 2 nitrogen and oxygen atoms in total. The molecule has 3 saturated carbocycles. The van der Waals surface area contributed by atoms with Crippen molar-refractivity contribution in [2.24, 2.45) is 5.41 Å². The van der Waals surface area contributed by atoms with E-state index in [0.29, 0.717) is 17.0 Å². The van der Waals surface area contributed by atoms with E-state index in [2.05, 4.69) is 12.2 Å². The summed E-state index contributed by atoms with van der Waals surface area (Å²) in [4.78, 5) is 0. The largest absolute Gasteiger partial charge is 0.392 e. The predicted molar refractivity (Wildman–Crippen MR) is 56.1 cm³/mol. The lowest BCUT2D eigenvalue weighted by Gasteiger charge is -2.29. The molecule has 3 aliphatic carbocycles. The van der Waals surface area contributed by atoms with Crippen LogP contribution >= 0.6 is 0 Å². The van der Waals surface area contributed by atoms with Crippen molar-refractivity contribution in [3.63, 3.8) is 0 Å². The third-order valence-corrected chi connectivity index (χ3v) is 4.85. The van der Waals surface area contributed by atoms with Crippen molar-refractivity contribution < 1.29 is 5.11 Å². The first-order valence-electron chi connectivity index (χ1n) is 6.11. The number of hydrogen-bond acceptors (Lipinski definition) is 2. The Balaban J connectivity index is 1.66. The molecule has 14 heavy (non-hydrogen) atoms. The molecule has 2 heteroatoms. The molecule has 0 aromatic rings. The van der Waals surface area contributed by atoms with Crippen LogP contribution in [0, 0.1) is 5.41 Å². The molecule has 0 aliphatic heterocycles. The molecule has 0 aromatic carbocycles. The second kappa shape index (κ2) is 2.73. The van der Waals surface area contributed by atoms with E-state index in [1.165, 1.54) is 38.5 Å². The maximum atomic E-state index is 9.80. The first-order valence-corrected chi connectivity index (χ1v) is 6.11. The van der Waals surface area contributed by atoms with Crippen LogP contribution in [-0.4, -0.2) is 22.8 Å². The van der Waals surface area contributed by atoms with Crippen LogP contribution in [0.15, 0.2) is 0 Å². The third-order valence-electron chi connectivity index (χ3n) is 4.85. The van der Waals surface area contributed by atoms with Crippen LogP contribution in [0.5, 0.6) is 0 Å². The average molecular weight is 195 g/mol. The second-order valence-corrected chi connectivity index (χ2v) is 5.89. The highest BCUT2D eigenvalue weighted by Crippen LogP contribution is 2.64. The van der Waals surface area contributed by atoms with Crippen molar-refractivity contribution in [2.45, 2.75) is 69.6 Å². The highest BCUT2D eigenvalue weighted by Gasteiger charge is 2.63. The van der Waals surface area contributed by atoms with Gasteiger partial charge in [0.1, 0.15) is 0 Å². The SMILES string of the molecule is CC1(C2(N[C@@H]3CCC[C@H]3O)CC2)CC1. The number of aliphatic hydroxyl groups excluding tert-OH is 1. The van der Waals surface area contributed by atoms with Gasteiger partial charge in [0.2, 0.25) is 0 Å². The number of rotatable bonds is 3. The molecule has 80 valence electrons. The van der Waals surface area contributed by atoms with Crippen molar-refractivity contribution in [1.29, 1.82) is 0 Å². The number of aliphatic hydroxyl groups is 1. The molecule has 0 unspecified atom stereocenters. The summed E-state index contributed by atoms with van der Waals surface area (Å²) in [7, 11) is 0. The van der Waals surface area contributed by atoms with Gasteiger partial charge in [0.25, 0.3) is 0 Å². The quantitative estimate of drug-likeness (QED) is 0.720. The molecule has 0 amide bonds. The minimum Gasteiger partial charge on any atom is -0.392 e. The summed E-state index contributed by atoms with van der Waals surface area (Å²) in [6.07, 6.45) is 8.77. The van der Waals surface area contributed by atoms with Gasteiger partial charge in [-0.2, -0.15) is 0 Å². The Labute approximate surface area is 86.1 Å². The van der Waals surface area contributed by atoms with E-state index in [1.54, 1.807) is 0 Å². The Morgan fingerprint density at radius 2 is 1.86 bits per heavy atom. The zero-order valence-corrected chi connectivity index (χ0v) is 9.05. The van der Waals surface area contributed by atoms with E-state index in [4.69, 9.17) is 0 Å². The molecule has 2 N–H and O–H groups in total. The zero-order valence-electron chi connectivity index (χ0n) is 9.05. The maximum absolute atomic E-state index is 9.80. The van der Waals surface area contributed by atoms with Crippen LogP contribution in [0.25, 0.3) is 0 Å². The van der Waals surface area contributed by atoms with Crippen LogP contribution in [-0.2, 0) is 0 Å². The summed E-state index contributed by atoms with van der Waals surface area (Å²) < 4.78 is 0. The third kappa shape index (κ3) is 1.24. The van der Waals surface area contributed by atoms with Crippen LogP contribution in [0.4, 0.5) is 0 Å². The van der Waals surface area contributed by atoms with E-state index in [9.17, 15) is 5.11 Å². The monoisotopic (exact) mass is 195 g/mol. The fourth-order valence-electron chi connectivity index (χ4n) is 3.18. The molecule has 3 fully saturated rings. The van der Waals surface area contributed by atoms with Gasteiger partial charge in [0, 0.05) is 11.6 Å². The fourth-order valence-corrected chi connectivity index (χ4v) is 3.18. The lowest BCUT2D eigenvalue weighted by Crippen LogP contribution is -2.48. The first kappa shape index (κ1) is 9.17. The first-order chi connectivity index (χ1) is 6.65.